The molecule has 0 aliphatic carbocycles. The van der Waals surface area contributed by atoms with Gasteiger partial charge in [-0.3, -0.25) is 4.79 Å². The Hall–Kier alpha value is -1.13. The summed E-state index contributed by atoms with van der Waals surface area (Å²) in [6.07, 6.45) is 0. The number of rotatable bonds is 3. The zero-order chi connectivity index (χ0) is 10.8. The molecule has 0 bridgehead atoms. The fourth-order valence-electron chi connectivity index (χ4n) is 1.22. The van der Waals surface area contributed by atoms with Gasteiger partial charge >= 0.3 is 0 Å². The van der Waals surface area contributed by atoms with Crippen LogP contribution in [0.15, 0.2) is 0 Å². The van der Waals surface area contributed by atoms with Crippen molar-refractivity contribution in [3.05, 3.63) is 0 Å². The molecule has 0 saturated carbocycles. The van der Waals surface area contributed by atoms with Gasteiger partial charge in [-0.25, -0.2) is 8.42 Å². The normalized spacial score (nSPS) is 18.3. The number of nitriles is 1. The van der Waals surface area contributed by atoms with E-state index < -0.39 is 15.8 Å². The van der Waals surface area contributed by atoms with E-state index in [9.17, 15) is 13.2 Å². The molecule has 1 N–H and O–H groups in total. The van der Waals surface area contributed by atoms with Crippen molar-refractivity contribution in [2.45, 2.75) is 13.0 Å². The van der Waals surface area contributed by atoms with Crippen LogP contribution in [-0.4, -0.2) is 43.5 Å². The number of carbonyl (C=O) groups is 1. The molecule has 0 aromatic rings. The molecule has 0 unspecified atom stereocenters. The number of hydrogen-bond acceptors (Lipinski definition) is 4. The van der Waals surface area contributed by atoms with E-state index in [2.05, 4.69) is 5.32 Å². The Bertz CT molecular complexity index is 364. The highest BCUT2D eigenvalue weighted by molar-refractivity contribution is 7.89. The Morgan fingerprint density at radius 3 is 2.64 bits per heavy atom. The second-order valence-electron chi connectivity index (χ2n) is 3.13. The van der Waals surface area contributed by atoms with Crippen molar-refractivity contribution in [1.29, 1.82) is 5.26 Å². The summed E-state index contributed by atoms with van der Waals surface area (Å²) in [5, 5.41) is 10.9. The van der Waals surface area contributed by atoms with Gasteiger partial charge in [-0.1, -0.05) is 0 Å². The van der Waals surface area contributed by atoms with Gasteiger partial charge in [-0.15, -0.1) is 0 Å². The summed E-state index contributed by atoms with van der Waals surface area (Å²) in [4.78, 5) is 10.6. The first-order valence-corrected chi connectivity index (χ1v) is 5.68. The highest BCUT2D eigenvalue weighted by atomic mass is 32.2. The molecule has 1 aliphatic rings. The summed E-state index contributed by atoms with van der Waals surface area (Å²) >= 11 is 0. The predicted octanol–water partition coefficient (Wildman–Crippen LogP) is -1.34. The molecule has 1 amide bonds. The van der Waals surface area contributed by atoms with Gasteiger partial charge < -0.3 is 5.32 Å². The van der Waals surface area contributed by atoms with E-state index >= 15 is 0 Å². The maximum Gasteiger partial charge on any atom is 0.227 e. The molecule has 6 nitrogen and oxygen atoms in total. The van der Waals surface area contributed by atoms with Crippen LogP contribution in [-0.2, 0) is 14.8 Å². The molecule has 0 atom stereocenters. The molecule has 78 valence electrons. The van der Waals surface area contributed by atoms with Crippen molar-refractivity contribution >= 4 is 15.9 Å². The second-order valence-corrected chi connectivity index (χ2v) is 5.10. The SMILES string of the molecule is CC(=O)NC1CN(S(=O)(=O)CC#N)C1. The zero-order valence-electron chi connectivity index (χ0n) is 7.73. The van der Waals surface area contributed by atoms with E-state index in [1.54, 1.807) is 6.07 Å². The number of amides is 1. The molecule has 1 saturated heterocycles. The van der Waals surface area contributed by atoms with Gasteiger partial charge in [0.1, 0.15) is 0 Å². The summed E-state index contributed by atoms with van der Waals surface area (Å²) in [6, 6.07) is 1.49. The summed E-state index contributed by atoms with van der Waals surface area (Å²) in [6.45, 7) is 1.92. The molecular formula is C7H11N3O3S. The monoisotopic (exact) mass is 217 g/mol. The van der Waals surface area contributed by atoms with Crippen LogP contribution in [0.3, 0.4) is 0 Å². The van der Waals surface area contributed by atoms with Crippen LogP contribution in [0.1, 0.15) is 6.92 Å². The summed E-state index contributed by atoms with van der Waals surface area (Å²) in [5.74, 6) is -0.674. The Morgan fingerprint density at radius 2 is 2.21 bits per heavy atom. The third kappa shape index (κ3) is 2.43. The van der Waals surface area contributed by atoms with Gasteiger partial charge in [0.15, 0.2) is 5.75 Å². The molecule has 0 aromatic carbocycles. The van der Waals surface area contributed by atoms with Crippen LogP contribution in [0.2, 0.25) is 0 Å². The smallest absolute Gasteiger partial charge is 0.227 e. The lowest BCUT2D eigenvalue weighted by Crippen LogP contribution is -2.60. The van der Waals surface area contributed by atoms with E-state index in [0.717, 1.165) is 0 Å². The minimum absolute atomic E-state index is 0.110. The second kappa shape index (κ2) is 3.94. The van der Waals surface area contributed by atoms with Crippen molar-refractivity contribution in [1.82, 2.24) is 9.62 Å². The Balaban J connectivity index is 2.42. The van der Waals surface area contributed by atoms with Gasteiger partial charge in [-0.05, 0) is 0 Å². The number of sulfonamides is 1. The van der Waals surface area contributed by atoms with Gasteiger partial charge in [-0.2, -0.15) is 9.57 Å². The summed E-state index contributed by atoms with van der Waals surface area (Å²) in [5.41, 5.74) is 0. The maximum absolute atomic E-state index is 11.2. The number of hydrogen-bond donors (Lipinski definition) is 1. The predicted molar refractivity (Wildman–Crippen MR) is 48.6 cm³/mol. The average molecular weight is 217 g/mol. The van der Waals surface area contributed by atoms with Crippen molar-refractivity contribution in [2.75, 3.05) is 18.8 Å². The van der Waals surface area contributed by atoms with Crippen LogP contribution in [0.25, 0.3) is 0 Å². The summed E-state index contributed by atoms with van der Waals surface area (Å²) in [7, 11) is -3.42. The lowest BCUT2D eigenvalue weighted by atomic mass is 10.2. The van der Waals surface area contributed by atoms with Crippen LogP contribution >= 0.6 is 0 Å². The number of nitrogens with one attached hydrogen (secondary N) is 1. The van der Waals surface area contributed by atoms with Crippen molar-refractivity contribution in [3.63, 3.8) is 0 Å². The van der Waals surface area contributed by atoms with Crippen LogP contribution in [0.5, 0.6) is 0 Å². The lowest BCUT2D eigenvalue weighted by Gasteiger charge is -2.37. The van der Waals surface area contributed by atoms with Crippen LogP contribution in [0.4, 0.5) is 0 Å². The van der Waals surface area contributed by atoms with Crippen LogP contribution < -0.4 is 5.32 Å². The van der Waals surface area contributed by atoms with E-state index in [-0.39, 0.29) is 25.0 Å². The molecule has 0 radical (unpaired) electrons. The first-order chi connectivity index (χ1) is 6.45. The van der Waals surface area contributed by atoms with E-state index in [1.807, 2.05) is 0 Å². The molecule has 14 heavy (non-hydrogen) atoms. The van der Waals surface area contributed by atoms with Gasteiger partial charge in [0.25, 0.3) is 0 Å². The molecule has 0 aromatic heterocycles. The van der Waals surface area contributed by atoms with Gasteiger partial charge in [0.2, 0.25) is 15.9 Å². The molecule has 1 heterocycles. The first kappa shape index (κ1) is 10.9. The first-order valence-electron chi connectivity index (χ1n) is 4.07. The van der Waals surface area contributed by atoms with Crippen molar-refractivity contribution in [2.24, 2.45) is 0 Å². The molecule has 1 rings (SSSR count). The van der Waals surface area contributed by atoms with Gasteiger partial charge in [0, 0.05) is 20.0 Å². The topological polar surface area (TPSA) is 90.3 Å². The molecule has 1 aliphatic heterocycles. The molecule has 1 fully saturated rings. The third-order valence-electron chi connectivity index (χ3n) is 1.90. The van der Waals surface area contributed by atoms with E-state index in [4.69, 9.17) is 5.26 Å². The minimum atomic E-state index is -3.42. The largest absolute Gasteiger partial charge is 0.351 e. The van der Waals surface area contributed by atoms with Crippen LogP contribution in [0, 0.1) is 11.3 Å². The molecular weight excluding hydrogens is 206 g/mol. The fraction of sp³-hybridized carbons (Fsp3) is 0.714. The maximum atomic E-state index is 11.2. The van der Waals surface area contributed by atoms with Gasteiger partial charge in [0.05, 0.1) is 12.1 Å². The van der Waals surface area contributed by atoms with Crippen molar-refractivity contribution < 1.29 is 13.2 Å². The lowest BCUT2D eigenvalue weighted by molar-refractivity contribution is -0.120. The zero-order valence-corrected chi connectivity index (χ0v) is 8.54. The van der Waals surface area contributed by atoms with E-state index in [1.165, 1.54) is 11.2 Å². The fourth-order valence-corrected chi connectivity index (χ4v) is 2.38. The molecule has 0 spiro atoms. The number of nitrogens with zero attached hydrogens (tertiary/aromatic N) is 2. The minimum Gasteiger partial charge on any atom is -0.351 e. The molecule has 7 heteroatoms. The Kier molecular flexibility index (Phi) is 3.08. The quantitative estimate of drug-likeness (QED) is 0.633. The van der Waals surface area contributed by atoms with E-state index in [0.29, 0.717) is 0 Å². The Labute approximate surface area is 82.5 Å². The highest BCUT2D eigenvalue weighted by Crippen LogP contribution is 2.13. The third-order valence-corrected chi connectivity index (χ3v) is 3.47. The average Bonchev–Trinajstić information content (AvgIpc) is 1.94. The highest BCUT2D eigenvalue weighted by Gasteiger charge is 2.35. The standard InChI is InChI=1S/C7H11N3O3S/c1-6(11)9-7-4-10(5-7)14(12,13)3-2-8/h7H,3-5H2,1H3,(H,9,11). The number of carbonyl (C=O) groups excluding carboxylic acids is 1. The summed E-state index contributed by atoms with van der Waals surface area (Å²) < 4.78 is 23.7. The van der Waals surface area contributed by atoms with Crippen molar-refractivity contribution in [3.8, 4) is 6.07 Å². The Morgan fingerprint density at radius 1 is 1.64 bits per heavy atom.